The molecule has 1 fully saturated rings. The molecule has 0 aromatic heterocycles. The maximum atomic E-state index is 13.1. The number of anilines is 1. The second-order valence-electron chi connectivity index (χ2n) is 5.51. The average Bonchev–Trinajstić information content (AvgIpc) is 2.39. The lowest BCUT2D eigenvalue weighted by Gasteiger charge is -2.38. The van der Waals surface area contributed by atoms with Crippen LogP contribution < -0.4 is 4.90 Å². The van der Waals surface area contributed by atoms with Crippen LogP contribution in [0.2, 0.25) is 0 Å². The molecule has 2 rings (SSSR count). The molecule has 3 nitrogen and oxygen atoms in total. The summed E-state index contributed by atoms with van der Waals surface area (Å²) in [6.45, 7) is 2.24. The van der Waals surface area contributed by atoms with Crippen molar-refractivity contribution in [1.29, 1.82) is 0 Å². The van der Waals surface area contributed by atoms with E-state index in [9.17, 15) is 18.0 Å². The maximum Gasteiger partial charge on any atom is 0.418 e. The van der Waals surface area contributed by atoms with Crippen LogP contribution in [0, 0.1) is 5.41 Å². The molecule has 0 saturated carbocycles. The first-order chi connectivity index (χ1) is 9.63. The van der Waals surface area contributed by atoms with E-state index >= 15 is 0 Å². The molecular formula is C14H15BrF3NO2. The predicted molar refractivity (Wildman–Crippen MR) is 76.3 cm³/mol. The number of carboxylic acids is 1. The highest BCUT2D eigenvalue weighted by molar-refractivity contribution is 9.10. The first-order valence-electron chi connectivity index (χ1n) is 6.48. The van der Waals surface area contributed by atoms with Crippen molar-refractivity contribution < 1.29 is 23.1 Å². The Balaban J connectivity index is 2.27. The molecular weight excluding hydrogens is 351 g/mol. The van der Waals surface area contributed by atoms with Gasteiger partial charge in [-0.15, -0.1) is 0 Å². The van der Waals surface area contributed by atoms with E-state index in [2.05, 4.69) is 15.9 Å². The SMILES string of the molecule is CC1(C(=O)O)CCN(c2ccc(Br)cc2C(F)(F)F)CC1. The number of benzene rings is 1. The van der Waals surface area contributed by atoms with E-state index in [1.807, 2.05) is 0 Å². The maximum absolute atomic E-state index is 13.1. The van der Waals surface area contributed by atoms with Crippen molar-refractivity contribution in [3.05, 3.63) is 28.2 Å². The number of hydrogen-bond acceptors (Lipinski definition) is 2. The van der Waals surface area contributed by atoms with E-state index < -0.39 is 23.1 Å². The lowest BCUT2D eigenvalue weighted by molar-refractivity contribution is -0.149. The number of alkyl halides is 3. The summed E-state index contributed by atoms with van der Waals surface area (Å²) in [5.41, 5.74) is -1.45. The number of rotatable bonds is 2. The van der Waals surface area contributed by atoms with Gasteiger partial charge in [-0.3, -0.25) is 4.79 Å². The van der Waals surface area contributed by atoms with Gasteiger partial charge in [-0.1, -0.05) is 15.9 Å². The lowest BCUT2D eigenvalue weighted by atomic mass is 9.80. The Bertz CT molecular complexity index is 552. The minimum absolute atomic E-state index is 0.109. The summed E-state index contributed by atoms with van der Waals surface area (Å²) in [6.07, 6.45) is -3.78. The van der Waals surface area contributed by atoms with Gasteiger partial charge in [0.15, 0.2) is 0 Å². The summed E-state index contributed by atoms with van der Waals surface area (Å²) in [6, 6.07) is 4.05. The Kier molecular flexibility index (Phi) is 4.24. The Labute approximate surface area is 128 Å². The van der Waals surface area contributed by atoms with Crippen molar-refractivity contribution in [1.82, 2.24) is 0 Å². The van der Waals surface area contributed by atoms with Crippen molar-refractivity contribution in [2.45, 2.75) is 25.9 Å². The average molecular weight is 366 g/mol. The molecule has 0 unspecified atom stereocenters. The quantitative estimate of drug-likeness (QED) is 0.855. The first kappa shape index (κ1) is 16.1. The molecule has 116 valence electrons. The fraction of sp³-hybridized carbons (Fsp3) is 0.500. The van der Waals surface area contributed by atoms with Crippen LogP contribution >= 0.6 is 15.9 Å². The number of aliphatic carboxylic acids is 1. The van der Waals surface area contributed by atoms with Gasteiger partial charge in [0.05, 0.1) is 11.0 Å². The van der Waals surface area contributed by atoms with Gasteiger partial charge in [0.25, 0.3) is 0 Å². The summed E-state index contributed by atoms with van der Waals surface area (Å²) in [5, 5.41) is 9.17. The molecule has 0 radical (unpaired) electrons. The van der Waals surface area contributed by atoms with Crippen molar-refractivity contribution in [3.8, 4) is 0 Å². The Morgan fingerprint density at radius 3 is 2.38 bits per heavy atom. The molecule has 1 aromatic carbocycles. The molecule has 0 amide bonds. The topological polar surface area (TPSA) is 40.5 Å². The van der Waals surface area contributed by atoms with E-state index in [4.69, 9.17) is 5.11 Å². The lowest BCUT2D eigenvalue weighted by Crippen LogP contribution is -2.43. The summed E-state index contributed by atoms with van der Waals surface area (Å²) in [7, 11) is 0. The van der Waals surface area contributed by atoms with Crippen molar-refractivity contribution in [3.63, 3.8) is 0 Å². The molecule has 1 saturated heterocycles. The highest BCUT2D eigenvalue weighted by Gasteiger charge is 2.40. The van der Waals surface area contributed by atoms with E-state index in [0.717, 1.165) is 6.07 Å². The van der Waals surface area contributed by atoms with Gasteiger partial charge in [0.2, 0.25) is 0 Å². The van der Waals surface area contributed by atoms with Gasteiger partial charge in [-0.05, 0) is 38.0 Å². The first-order valence-corrected chi connectivity index (χ1v) is 7.28. The van der Waals surface area contributed by atoms with Gasteiger partial charge in [0.1, 0.15) is 0 Å². The minimum Gasteiger partial charge on any atom is -0.481 e. The summed E-state index contributed by atoms with van der Waals surface area (Å²) in [4.78, 5) is 12.8. The smallest absolute Gasteiger partial charge is 0.418 e. The molecule has 0 spiro atoms. The van der Waals surface area contributed by atoms with Crippen LogP contribution in [0.25, 0.3) is 0 Å². The third-order valence-electron chi connectivity index (χ3n) is 3.99. The molecule has 1 N–H and O–H groups in total. The molecule has 0 bridgehead atoms. The van der Waals surface area contributed by atoms with Gasteiger partial charge < -0.3 is 10.0 Å². The number of carbonyl (C=O) groups is 1. The van der Waals surface area contributed by atoms with E-state index in [0.29, 0.717) is 30.4 Å². The zero-order chi connectivity index (χ0) is 15.8. The number of halogens is 4. The van der Waals surface area contributed by atoms with Crippen LogP contribution in [0.3, 0.4) is 0 Å². The standard InChI is InChI=1S/C14H15BrF3NO2/c1-13(12(20)21)4-6-19(7-5-13)11-3-2-9(15)8-10(11)14(16,17)18/h2-3,8H,4-7H2,1H3,(H,20,21). The zero-order valence-electron chi connectivity index (χ0n) is 11.4. The van der Waals surface area contributed by atoms with Gasteiger partial charge in [0, 0.05) is 23.2 Å². The van der Waals surface area contributed by atoms with Crippen LogP contribution in [0.5, 0.6) is 0 Å². The van der Waals surface area contributed by atoms with Crippen LogP contribution in [0.15, 0.2) is 22.7 Å². The van der Waals surface area contributed by atoms with Crippen molar-refractivity contribution in [2.75, 3.05) is 18.0 Å². The second kappa shape index (κ2) is 5.51. The van der Waals surface area contributed by atoms with E-state index in [1.54, 1.807) is 17.9 Å². The Hall–Kier alpha value is -1.24. The fourth-order valence-corrected chi connectivity index (χ4v) is 2.83. The van der Waals surface area contributed by atoms with Crippen LogP contribution in [-0.4, -0.2) is 24.2 Å². The number of piperidine rings is 1. The van der Waals surface area contributed by atoms with Gasteiger partial charge in [-0.25, -0.2) is 0 Å². The van der Waals surface area contributed by atoms with Crippen molar-refractivity contribution in [2.24, 2.45) is 5.41 Å². The molecule has 0 atom stereocenters. The molecule has 21 heavy (non-hydrogen) atoms. The summed E-state index contributed by atoms with van der Waals surface area (Å²) >= 11 is 3.05. The predicted octanol–water partition coefficient (Wildman–Crippen LogP) is 4.16. The number of carboxylic acid groups (broad SMARTS) is 1. The summed E-state index contributed by atoms with van der Waals surface area (Å²) < 4.78 is 39.7. The highest BCUT2D eigenvalue weighted by atomic mass is 79.9. The summed E-state index contributed by atoms with van der Waals surface area (Å²) in [5.74, 6) is -0.894. The minimum atomic E-state index is -4.44. The molecule has 1 aliphatic rings. The highest BCUT2D eigenvalue weighted by Crippen LogP contribution is 2.41. The Morgan fingerprint density at radius 1 is 1.33 bits per heavy atom. The molecule has 7 heteroatoms. The fourth-order valence-electron chi connectivity index (χ4n) is 2.47. The Morgan fingerprint density at radius 2 is 1.90 bits per heavy atom. The molecule has 1 aliphatic heterocycles. The number of hydrogen-bond donors (Lipinski definition) is 1. The van der Waals surface area contributed by atoms with Crippen LogP contribution in [0.4, 0.5) is 18.9 Å². The van der Waals surface area contributed by atoms with Gasteiger partial charge in [-0.2, -0.15) is 13.2 Å². The number of nitrogens with zero attached hydrogens (tertiary/aromatic N) is 1. The monoisotopic (exact) mass is 365 g/mol. The van der Waals surface area contributed by atoms with E-state index in [-0.39, 0.29) is 5.69 Å². The van der Waals surface area contributed by atoms with Gasteiger partial charge >= 0.3 is 12.1 Å². The van der Waals surface area contributed by atoms with Crippen LogP contribution in [-0.2, 0) is 11.0 Å². The second-order valence-corrected chi connectivity index (χ2v) is 6.43. The third-order valence-corrected chi connectivity index (χ3v) is 4.48. The molecule has 1 aromatic rings. The van der Waals surface area contributed by atoms with Crippen LogP contribution in [0.1, 0.15) is 25.3 Å². The normalized spacial score (nSPS) is 18.6. The van der Waals surface area contributed by atoms with Crippen molar-refractivity contribution >= 4 is 27.6 Å². The largest absolute Gasteiger partial charge is 0.481 e. The van der Waals surface area contributed by atoms with E-state index in [1.165, 1.54) is 6.07 Å². The molecule has 0 aliphatic carbocycles. The molecule has 1 heterocycles. The third kappa shape index (κ3) is 3.33. The zero-order valence-corrected chi connectivity index (χ0v) is 13.0.